The average Bonchev–Trinajstić information content (AvgIpc) is 0.996. The molecule has 594 valence electrons. The van der Waals surface area contributed by atoms with E-state index in [0.29, 0.717) is 25.7 Å². The lowest BCUT2D eigenvalue weighted by atomic mass is 10.0. The Bertz CT molecular complexity index is 1940. The minimum absolute atomic E-state index is 0.107. The van der Waals surface area contributed by atoms with Crippen LogP contribution in [0.5, 0.6) is 0 Å². The van der Waals surface area contributed by atoms with Crippen molar-refractivity contribution in [2.24, 2.45) is 17.8 Å². The predicted octanol–water partition coefficient (Wildman–Crippen LogP) is 24.1. The lowest BCUT2D eigenvalue weighted by molar-refractivity contribution is -0.161. The quantitative estimate of drug-likeness (QED) is 0.0222. The molecule has 5 atom stereocenters. The van der Waals surface area contributed by atoms with Crippen LogP contribution in [0.25, 0.3) is 0 Å². The Labute approximate surface area is 613 Å². The van der Waals surface area contributed by atoms with E-state index in [9.17, 15) is 43.2 Å². The molecule has 0 aliphatic carbocycles. The van der Waals surface area contributed by atoms with Crippen molar-refractivity contribution in [1.82, 2.24) is 0 Å². The van der Waals surface area contributed by atoms with E-state index in [2.05, 4.69) is 48.5 Å². The molecule has 0 rings (SSSR count). The molecule has 0 saturated carbocycles. The van der Waals surface area contributed by atoms with Gasteiger partial charge in [-0.3, -0.25) is 37.3 Å². The summed E-state index contributed by atoms with van der Waals surface area (Å²) in [5.41, 5.74) is 0. The van der Waals surface area contributed by atoms with Gasteiger partial charge in [0.2, 0.25) is 0 Å². The van der Waals surface area contributed by atoms with Crippen LogP contribution in [-0.2, 0) is 65.4 Å². The number of ether oxygens (including phenoxy) is 4. The molecule has 0 fully saturated rings. The van der Waals surface area contributed by atoms with Crippen LogP contribution in [0.3, 0.4) is 0 Å². The van der Waals surface area contributed by atoms with Gasteiger partial charge in [-0.15, -0.1) is 0 Å². The lowest BCUT2D eigenvalue weighted by Crippen LogP contribution is -2.30. The number of phosphoric acid groups is 2. The molecular formula is C81H158O17P2. The Morgan fingerprint density at radius 3 is 0.680 bits per heavy atom. The van der Waals surface area contributed by atoms with Gasteiger partial charge in [0.1, 0.15) is 19.3 Å². The summed E-state index contributed by atoms with van der Waals surface area (Å²) >= 11 is 0. The summed E-state index contributed by atoms with van der Waals surface area (Å²) in [6.07, 6.45) is 59.6. The second-order valence-electron chi connectivity index (χ2n) is 30.6. The molecule has 100 heavy (non-hydrogen) atoms. The summed E-state index contributed by atoms with van der Waals surface area (Å²) in [7, 11) is -9.92. The predicted molar refractivity (Wildman–Crippen MR) is 409 cm³/mol. The van der Waals surface area contributed by atoms with Gasteiger partial charge in [0.25, 0.3) is 0 Å². The molecule has 0 aliphatic heterocycles. The van der Waals surface area contributed by atoms with Crippen molar-refractivity contribution in [3.05, 3.63) is 0 Å². The maximum atomic E-state index is 13.1. The van der Waals surface area contributed by atoms with Crippen LogP contribution in [0.1, 0.15) is 421 Å². The van der Waals surface area contributed by atoms with Crippen molar-refractivity contribution in [3.63, 3.8) is 0 Å². The van der Waals surface area contributed by atoms with Gasteiger partial charge in [0.15, 0.2) is 12.2 Å². The van der Waals surface area contributed by atoms with Crippen LogP contribution in [0.2, 0.25) is 0 Å². The van der Waals surface area contributed by atoms with Gasteiger partial charge in [-0.2, -0.15) is 0 Å². The van der Waals surface area contributed by atoms with Crippen molar-refractivity contribution in [2.75, 3.05) is 39.6 Å². The van der Waals surface area contributed by atoms with Gasteiger partial charge in [0, 0.05) is 25.7 Å². The lowest BCUT2D eigenvalue weighted by Gasteiger charge is -2.21. The largest absolute Gasteiger partial charge is 0.472 e. The third-order valence-corrected chi connectivity index (χ3v) is 20.8. The Kier molecular flexibility index (Phi) is 69.9. The summed E-state index contributed by atoms with van der Waals surface area (Å²) < 4.78 is 68.7. The first-order valence-electron chi connectivity index (χ1n) is 41.8. The smallest absolute Gasteiger partial charge is 0.462 e. The number of hydrogen-bond acceptors (Lipinski definition) is 15. The number of hydrogen-bond donors (Lipinski definition) is 3. The molecule has 17 nitrogen and oxygen atoms in total. The topological polar surface area (TPSA) is 237 Å². The second-order valence-corrected chi connectivity index (χ2v) is 33.5. The highest BCUT2D eigenvalue weighted by molar-refractivity contribution is 7.47. The molecule has 0 aliphatic rings. The minimum atomic E-state index is -4.96. The number of rotatable bonds is 79. The summed E-state index contributed by atoms with van der Waals surface area (Å²) in [5, 5.41) is 10.6. The summed E-state index contributed by atoms with van der Waals surface area (Å²) in [6.45, 7) is 12.0. The maximum absolute atomic E-state index is 13.1. The van der Waals surface area contributed by atoms with Gasteiger partial charge in [-0.1, -0.05) is 370 Å². The number of phosphoric ester groups is 2. The van der Waals surface area contributed by atoms with E-state index in [1.54, 1.807) is 0 Å². The summed E-state index contributed by atoms with van der Waals surface area (Å²) in [5.74, 6) is 0.219. The van der Waals surface area contributed by atoms with Crippen LogP contribution in [0.4, 0.5) is 0 Å². The van der Waals surface area contributed by atoms with Gasteiger partial charge >= 0.3 is 39.5 Å². The van der Waals surface area contributed by atoms with Crippen molar-refractivity contribution < 1.29 is 80.2 Å². The Balaban J connectivity index is 5.25. The molecule has 0 spiro atoms. The van der Waals surface area contributed by atoms with E-state index in [1.807, 2.05) is 0 Å². The molecule has 0 bridgehead atoms. The zero-order valence-electron chi connectivity index (χ0n) is 65.7. The zero-order chi connectivity index (χ0) is 73.7. The van der Waals surface area contributed by atoms with Crippen LogP contribution in [0.15, 0.2) is 0 Å². The Morgan fingerprint density at radius 1 is 0.270 bits per heavy atom. The molecule has 0 aromatic carbocycles. The van der Waals surface area contributed by atoms with E-state index in [-0.39, 0.29) is 25.7 Å². The molecule has 3 N–H and O–H groups in total. The van der Waals surface area contributed by atoms with E-state index >= 15 is 0 Å². The first-order chi connectivity index (χ1) is 48.2. The van der Waals surface area contributed by atoms with Crippen molar-refractivity contribution in [1.29, 1.82) is 0 Å². The fourth-order valence-electron chi connectivity index (χ4n) is 12.5. The SMILES string of the molecule is CCCCCCCCCCCCCCCCC(=O)O[C@H](COC(=O)CCCCCCCCCCC(C)C)COP(=O)(O)OC[C@H](O)COP(=O)(O)OC[C@@H](COC(=O)CCCCCCCCCCCCCCCCC(C)C)OC(=O)CCCCCCCCCCCCCCCCCC(C)C. The highest BCUT2D eigenvalue weighted by Crippen LogP contribution is 2.45. The van der Waals surface area contributed by atoms with Gasteiger partial charge in [0.05, 0.1) is 26.4 Å². The fraction of sp³-hybridized carbons (Fsp3) is 0.951. The molecule has 0 saturated heterocycles. The first kappa shape index (κ1) is 98.1. The average molecular weight is 1470 g/mol. The Hall–Kier alpha value is -1.94. The number of unbranched alkanes of at least 4 members (excludes halogenated alkanes) is 47. The van der Waals surface area contributed by atoms with E-state index in [0.717, 1.165) is 108 Å². The molecule has 0 aromatic heterocycles. The normalized spacial score (nSPS) is 14.0. The van der Waals surface area contributed by atoms with Gasteiger partial charge < -0.3 is 33.8 Å². The van der Waals surface area contributed by atoms with Crippen LogP contribution < -0.4 is 0 Å². The standard InChI is InChI=1S/C81H158O17P2/c1-8-9-10-11-12-13-14-15-23-29-34-43-50-57-64-80(85)98-77(69-92-79(84)63-56-49-42-37-36-40-47-54-61-74(6)7)71-96-100(89,90)94-67-75(82)66-93-99(87,88)95-70-76(68-91-78(83)62-55-48-41-33-28-24-20-19-22-27-32-39-46-53-60-73(4)5)97-81(86)65-58-51-44-35-30-25-18-16-17-21-26-31-38-45-52-59-72(2)3/h72-77,82H,8-71H2,1-7H3,(H,87,88)(H,89,90)/t75-,76-,77-/m1/s1. The number of esters is 4. The molecule has 0 heterocycles. The number of carbonyl (C=O) groups excluding carboxylic acids is 4. The molecule has 0 radical (unpaired) electrons. The van der Waals surface area contributed by atoms with Gasteiger partial charge in [-0.05, 0) is 43.4 Å². The third-order valence-electron chi connectivity index (χ3n) is 18.9. The van der Waals surface area contributed by atoms with E-state index < -0.39 is 97.5 Å². The molecular weight excluding hydrogens is 1310 g/mol. The number of carbonyl (C=O) groups is 4. The number of aliphatic hydroxyl groups excluding tert-OH is 1. The highest BCUT2D eigenvalue weighted by Gasteiger charge is 2.30. The van der Waals surface area contributed by atoms with Crippen LogP contribution in [-0.4, -0.2) is 96.7 Å². The maximum Gasteiger partial charge on any atom is 0.472 e. The highest BCUT2D eigenvalue weighted by atomic mass is 31.2. The first-order valence-corrected chi connectivity index (χ1v) is 44.8. The minimum Gasteiger partial charge on any atom is -0.462 e. The molecule has 19 heteroatoms. The second kappa shape index (κ2) is 71.3. The zero-order valence-corrected chi connectivity index (χ0v) is 67.5. The monoisotopic (exact) mass is 1470 g/mol. The number of aliphatic hydroxyl groups is 1. The summed E-state index contributed by atoms with van der Waals surface area (Å²) in [6, 6.07) is 0. The van der Waals surface area contributed by atoms with Crippen molar-refractivity contribution >= 4 is 39.5 Å². The van der Waals surface area contributed by atoms with Crippen LogP contribution in [0, 0.1) is 17.8 Å². The van der Waals surface area contributed by atoms with Crippen LogP contribution >= 0.6 is 15.6 Å². The summed E-state index contributed by atoms with van der Waals surface area (Å²) in [4.78, 5) is 73.0. The third kappa shape index (κ3) is 74.3. The molecule has 2 unspecified atom stereocenters. The van der Waals surface area contributed by atoms with Crippen molar-refractivity contribution in [3.8, 4) is 0 Å². The van der Waals surface area contributed by atoms with E-state index in [1.165, 1.54) is 231 Å². The fourth-order valence-corrected chi connectivity index (χ4v) is 14.1. The Morgan fingerprint density at radius 2 is 0.460 bits per heavy atom. The molecule has 0 aromatic rings. The molecule has 0 amide bonds. The van der Waals surface area contributed by atoms with E-state index in [4.69, 9.17) is 37.0 Å². The van der Waals surface area contributed by atoms with Crippen molar-refractivity contribution in [2.45, 2.75) is 439 Å². The van der Waals surface area contributed by atoms with Gasteiger partial charge in [-0.25, -0.2) is 9.13 Å².